The van der Waals surface area contributed by atoms with Crippen LogP contribution in [0.4, 0.5) is 8.78 Å². The second kappa shape index (κ2) is 8.36. The third kappa shape index (κ3) is 4.56. The van der Waals surface area contributed by atoms with E-state index in [0.717, 1.165) is 6.07 Å². The molecular weight excluding hydrogens is 386 g/mol. The van der Waals surface area contributed by atoms with Crippen molar-refractivity contribution in [1.29, 1.82) is 0 Å². The van der Waals surface area contributed by atoms with Crippen molar-refractivity contribution in [3.63, 3.8) is 0 Å². The first kappa shape index (κ1) is 20.4. The molecule has 0 saturated carbocycles. The molecule has 0 spiro atoms. The number of aryl methyl sites for hydroxylation is 1. The number of hydrogen-bond acceptors (Lipinski definition) is 3. The molecule has 0 aromatic heterocycles. The number of sulfonamides is 1. The third-order valence-corrected chi connectivity index (χ3v) is 6.43. The van der Waals surface area contributed by atoms with E-state index >= 15 is 0 Å². The van der Waals surface area contributed by atoms with Crippen molar-refractivity contribution >= 4 is 15.9 Å². The summed E-state index contributed by atoms with van der Waals surface area (Å²) >= 11 is 0. The smallest absolute Gasteiger partial charge is 0.256 e. The van der Waals surface area contributed by atoms with Crippen LogP contribution in [0.15, 0.2) is 47.4 Å². The molecule has 1 N–H and O–H groups in total. The standard InChI is InChI=1S/C20H22F2N2O3S/c1-14-12-16(6-7-18(14)21)28(26,27)23-13-15-8-10-24(11-9-15)20(25)17-4-2-3-5-19(17)22/h2-7,12,15,23H,8-11,13H2,1H3. The molecule has 0 aliphatic carbocycles. The zero-order valence-electron chi connectivity index (χ0n) is 15.5. The molecule has 28 heavy (non-hydrogen) atoms. The van der Waals surface area contributed by atoms with Gasteiger partial charge in [-0.1, -0.05) is 12.1 Å². The second-order valence-corrected chi connectivity index (χ2v) is 8.75. The van der Waals surface area contributed by atoms with Gasteiger partial charge in [0.2, 0.25) is 10.0 Å². The first-order chi connectivity index (χ1) is 13.3. The van der Waals surface area contributed by atoms with Crippen molar-refractivity contribution in [2.45, 2.75) is 24.7 Å². The molecule has 1 amide bonds. The Kier molecular flexibility index (Phi) is 6.10. The molecule has 2 aromatic rings. The van der Waals surface area contributed by atoms with Gasteiger partial charge in [0.15, 0.2) is 0 Å². The predicted octanol–water partition coefficient (Wildman–Crippen LogP) is 3.10. The molecule has 0 bridgehead atoms. The van der Waals surface area contributed by atoms with E-state index in [2.05, 4.69) is 4.72 Å². The minimum absolute atomic E-state index is 0.0265. The fourth-order valence-corrected chi connectivity index (χ4v) is 4.44. The van der Waals surface area contributed by atoms with Crippen LogP contribution in [-0.2, 0) is 10.0 Å². The predicted molar refractivity (Wildman–Crippen MR) is 101 cm³/mol. The van der Waals surface area contributed by atoms with Crippen LogP contribution >= 0.6 is 0 Å². The lowest BCUT2D eigenvalue weighted by Gasteiger charge is -2.32. The van der Waals surface area contributed by atoms with Gasteiger partial charge < -0.3 is 4.90 Å². The first-order valence-electron chi connectivity index (χ1n) is 9.07. The van der Waals surface area contributed by atoms with Crippen LogP contribution in [-0.4, -0.2) is 38.9 Å². The SMILES string of the molecule is Cc1cc(S(=O)(=O)NCC2CCN(C(=O)c3ccccc3F)CC2)ccc1F. The van der Waals surface area contributed by atoms with E-state index in [1.807, 2.05) is 0 Å². The van der Waals surface area contributed by atoms with E-state index in [0.29, 0.717) is 25.9 Å². The summed E-state index contributed by atoms with van der Waals surface area (Å²) in [5, 5.41) is 0. The highest BCUT2D eigenvalue weighted by atomic mass is 32.2. The highest BCUT2D eigenvalue weighted by Crippen LogP contribution is 2.21. The maximum Gasteiger partial charge on any atom is 0.256 e. The van der Waals surface area contributed by atoms with Crippen LogP contribution in [0.3, 0.4) is 0 Å². The minimum Gasteiger partial charge on any atom is -0.339 e. The van der Waals surface area contributed by atoms with Crippen molar-refractivity contribution in [1.82, 2.24) is 9.62 Å². The van der Waals surface area contributed by atoms with Crippen molar-refractivity contribution in [2.24, 2.45) is 5.92 Å². The first-order valence-corrected chi connectivity index (χ1v) is 10.6. The van der Waals surface area contributed by atoms with Gasteiger partial charge in [-0.05, 0) is 61.6 Å². The third-order valence-electron chi connectivity index (χ3n) is 5.01. The number of rotatable bonds is 5. The highest BCUT2D eigenvalue weighted by Gasteiger charge is 2.26. The molecular formula is C20H22F2N2O3S. The lowest BCUT2D eigenvalue weighted by atomic mass is 9.96. The fourth-order valence-electron chi connectivity index (χ4n) is 3.24. The van der Waals surface area contributed by atoms with E-state index in [-0.39, 0.29) is 34.4 Å². The Balaban J connectivity index is 1.55. The molecule has 1 aliphatic rings. The number of halogens is 2. The van der Waals surface area contributed by atoms with Crippen molar-refractivity contribution < 1.29 is 22.0 Å². The van der Waals surface area contributed by atoms with Crippen LogP contribution in [0.5, 0.6) is 0 Å². The number of nitrogens with zero attached hydrogens (tertiary/aromatic N) is 1. The van der Waals surface area contributed by atoms with Gasteiger partial charge in [0, 0.05) is 19.6 Å². The summed E-state index contributed by atoms with van der Waals surface area (Å²) in [7, 11) is -3.72. The minimum atomic E-state index is -3.72. The Bertz CT molecular complexity index is 971. The van der Waals surface area contributed by atoms with Crippen molar-refractivity contribution in [3.8, 4) is 0 Å². The summed E-state index contributed by atoms with van der Waals surface area (Å²) in [5.74, 6) is -1.28. The summed E-state index contributed by atoms with van der Waals surface area (Å²) < 4.78 is 54.5. The molecule has 1 heterocycles. The summed E-state index contributed by atoms with van der Waals surface area (Å²) in [6.07, 6.45) is 1.23. The van der Waals surface area contributed by atoms with Gasteiger partial charge in [-0.25, -0.2) is 21.9 Å². The Morgan fingerprint density at radius 3 is 2.43 bits per heavy atom. The number of likely N-dealkylation sites (tertiary alicyclic amines) is 1. The number of nitrogens with one attached hydrogen (secondary N) is 1. The average molecular weight is 408 g/mol. The Morgan fingerprint density at radius 1 is 1.11 bits per heavy atom. The van der Waals surface area contributed by atoms with E-state index in [9.17, 15) is 22.0 Å². The van der Waals surface area contributed by atoms with Gasteiger partial charge >= 0.3 is 0 Å². The fraction of sp³-hybridized carbons (Fsp3) is 0.350. The van der Waals surface area contributed by atoms with Gasteiger partial charge in [0.05, 0.1) is 10.5 Å². The highest BCUT2D eigenvalue weighted by molar-refractivity contribution is 7.89. The van der Waals surface area contributed by atoms with Crippen LogP contribution < -0.4 is 4.72 Å². The Hall–Kier alpha value is -2.32. The summed E-state index contributed by atoms with van der Waals surface area (Å²) in [6.45, 7) is 2.63. The van der Waals surface area contributed by atoms with Crippen LogP contribution in [0.1, 0.15) is 28.8 Å². The van der Waals surface area contributed by atoms with E-state index < -0.39 is 21.7 Å². The largest absolute Gasteiger partial charge is 0.339 e. The molecule has 1 saturated heterocycles. The topological polar surface area (TPSA) is 66.5 Å². The lowest BCUT2D eigenvalue weighted by Crippen LogP contribution is -2.41. The summed E-state index contributed by atoms with van der Waals surface area (Å²) in [6, 6.07) is 9.54. The molecule has 0 unspecified atom stereocenters. The quantitative estimate of drug-likeness (QED) is 0.827. The van der Waals surface area contributed by atoms with E-state index in [1.54, 1.807) is 11.0 Å². The zero-order chi connectivity index (χ0) is 20.3. The van der Waals surface area contributed by atoms with E-state index in [4.69, 9.17) is 0 Å². The molecule has 0 radical (unpaired) electrons. The van der Waals surface area contributed by atoms with Crippen LogP contribution in [0.2, 0.25) is 0 Å². The van der Waals surface area contributed by atoms with Gasteiger partial charge in [-0.2, -0.15) is 0 Å². The van der Waals surface area contributed by atoms with Gasteiger partial charge in [0.1, 0.15) is 11.6 Å². The maximum atomic E-state index is 13.8. The molecule has 2 aromatic carbocycles. The molecule has 1 aliphatic heterocycles. The van der Waals surface area contributed by atoms with E-state index in [1.165, 1.54) is 37.3 Å². The number of benzene rings is 2. The summed E-state index contributed by atoms with van der Waals surface area (Å²) in [4.78, 5) is 14.0. The van der Waals surface area contributed by atoms with Gasteiger partial charge in [-0.15, -0.1) is 0 Å². The van der Waals surface area contributed by atoms with Gasteiger partial charge in [-0.3, -0.25) is 4.79 Å². The van der Waals surface area contributed by atoms with Crippen molar-refractivity contribution in [3.05, 3.63) is 65.2 Å². The maximum absolute atomic E-state index is 13.8. The molecule has 3 rings (SSSR count). The molecule has 0 atom stereocenters. The number of carbonyl (C=O) groups excluding carboxylic acids is 1. The summed E-state index contributed by atoms with van der Waals surface area (Å²) in [5.41, 5.74) is 0.316. The van der Waals surface area contributed by atoms with Gasteiger partial charge in [0.25, 0.3) is 5.91 Å². The normalized spacial score (nSPS) is 15.6. The van der Waals surface area contributed by atoms with Crippen molar-refractivity contribution in [2.75, 3.05) is 19.6 Å². The van der Waals surface area contributed by atoms with Crippen LogP contribution in [0, 0.1) is 24.5 Å². The zero-order valence-corrected chi connectivity index (χ0v) is 16.3. The number of piperidine rings is 1. The molecule has 150 valence electrons. The molecule has 8 heteroatoms. The Morgan fingerprint density at radius 2 is 1.79 bits per heavy atom. The molecule has 5 nitrogen and oxygen atoms in total. The Labute approximate surface area is 163 Å². The molecule has 1 fully saturated rings. The average Bonchev–Trinajstić information content (AvgIpc) is 2.69. The lowest BCUT2D eigenvalue weighted by molar-refractivity contribution is 0.0687. The van der Waals surface area contributed by atoms with Crippen LogP contribution in [0.25, 0.3) is 0 Å². The number of carbonyl (C=O) groups is 1. The number of hydrogen-bond donors (Lipinski definition) is 1. The monoisotopic (exact) mass is 408 g/mol. The number of amides is 1. The second-order valence-electron chi connectivity index (χ2n) is 6.98.